The van der Waals surface area contributed by atoms with Crippen LogP contribution in [0.15, 0.2) is 48.0 Å². The molecular weight excluding hydrogens is 404 g/mol. The van der Waals surface area contributed by atoms with Gasteiger partial charge in [-0.15, -0.1) is 0 Å². The SMILES string of the molecule is CCN(CC)CCCN1C(=O)C(=O)C(=C(O)c2cc(C)ccc2C)C1c1cccc(O)c1. The zero-order chi connectivity index (χ0) is 23.4. The lowest BCUT2D eigenvalue weighted by molar-refractivity contribution is -0.140. The quantitative estimate of drug-likeness (QED) is 0.369. The summed E-state index contributed by atoms with van der Waals surface area (Å²) in [4.78, 5) is 29.9. The van der Waals surface area contributed by atoms with Crippen LogP contribution in [0.2, 0.25) is 0 Å². The summed E-state index contributed by atoms with van der Waals surface area (Å²) in [5.41, 5.74) is 2.96. The van der Waals surface area contributed by atoms with Gasteiger partial charge in [0.15, 0.2) is 0 Å². The molecule has 0 saturated carbocycles. The Hall–Kier alpha value is -3.12. The first-order valence-corrected chi connectivity index (χ1v) is 11.2. The van der Waals surface area contributed by atoms with E-state index in [1.807, 2.05) is 32.0 Å². The Morgan fingerprint density at radius 1 is 1.06 bits per heavy atom. The Bertz CT molecular complexity index is 1040. The zero-order valence-electron chi connectivity index (χ0n) is 19.3. The van der Waals surface area contributed by atoms with Crippen LogP contribution < -0.4 is 0 Å². The standard InChI is InChI=1S/C26H32N2O4/c1-5-27(6-2)13-8-14-28-23(19-9-7-10-20(29)16-19)22(25(31)26(28)32)24(30)21-15-17(3)11-12-18(21)4/h7,9-12,15-16,23,29-30H,5-6,8,13-14H2,1-4H3. The highest BCUT2D eigenvalue weighted by Crippen LogP contribution is 2.40. The van der Waals surface area contributed by atoms with Crippen LogP contribution >= 0.6 is 0 Å². The fraction of sp³-hybridized carbons (Fsp3) is 0.385. The fourth-order valence-electron chi connectivity index (χ4n) is 4.29. The third-order valence-corrected chi connectivity index (χ3v) is 6.14. The van der Waals surface area contributed by atoms with Gasteiger partial charge in [0.2, 0.25) is 0 Å². The van der Waals surface area contributed by atoms with Crippen molar-refractivity contribution in [3.63, 3.8) is 0 Å². The molecule has 1 heterocycles. The second-order valence-electron chi connectivity index (χ2n) is 8.29. The molecule has 3 rings (SSSR count). The number of carbonyl (C=O) groups excluding carboxylic acids is 2. The third-order valence-electron chi connectivity index (χ3n) is 6.14. The first-order valence-electron chi connectivity index (χ1n) is 11.2. The van der Waals surface area contributed by atoms with Gasteiger partial charge in [-0.2, -0.15) is 0 Å². The van der Waals surface area contributed by atoms with Gasteiger partial charge in [0, 0.05) is 12.1 Å². The molecule has 0 bridgehead atoms. The number of likely N-dealkylation sites (tertiary alicyclic amines) is 1. The van der Waals surface area contributed by atoms with Gasteiger partial charge in [-0.3, -0.25) is 9.59 Å². The summed E-state index contributed by atoms with van der Waals surface area (Å²) in [5, 5.41) is 21.3. The van der Waals surface area contributed by atoms with Gasteiger partial charge in [0.25, 0.3) is 11.7 Å². The maximum absolute atomic E-state index is 13.1. The molecule has 170 valence electrons. The number of Topliss-reactive ketones (excluding diaryl/α,β-unsaturated/α-hetero) is 1. The predicted molar refractivity (Wildman–Crippen MR) is 125 cm³/mol. The summed E-state index contributed by atoms with van der Waals surface area (Å²) in [7, 11) is 0. The number of amides is 1. The van der Waals surface area contributed by atoms with E-state index in [1.54, 1.807) is 24.3 Å². The molecule has 1 saturated heterocycles. The minimum atomic E-state index is -0.751. The summed E-state index contributed by atoms with van der Waals surface area (Å²) in [6.07, 6.45) is 0.702. The summed E-state index contributed by atoms with van der Waals surface area (Å²) in [6.45, 7) is 11.0. The molecule has 1 fully saturated rings. The van der Waals surface area contributed by atoms with Gasteiger partial charge < -0.3 is 20.0 Å². The number of benzene rings is 2. The lowest BCUT2D eigenvalue weighted by atomic mass is 9.93. The van der Waals surface area contributed by atoms with E-state index in [4.69, 9.17) is 0 Å². The molecule has 1 aliphatic rings. The van der Waals surface area contributed by atoms with Crippen molar-refractivity contribution in [2.75, 3.05) is 26.2 Å². The first-order chi connectivity index (χ1) is 15.3. The molecule has 2 N–H and O–H groups in total. The number of carbonyl (C=O) groups is 2. The predicted octanol–water partition coefficient (Wildman–Crippen LogP) is 4.16. The minimum Gasteiger partial charge on any atom is -0.508 e. The normalized spacial score (nSPS) is 18.0. The van der Waals surface area contributed by atoms with E-state index in [0.29, 0.717) is 24.1 Å². The number of ketones is 1. The molecule has 2 aromatic rings. The van der Waals surface area contributed by atoms with Gasteiger partial charge >= 0.3 is 0 Å². The molecule has 0 aromatic heterocycles. The van der Waals surface area contributed by atoms with E-state index in [-0.39, 0.29) is 17.1 Å². The monoisotopic (exact) mass is 436 g/mol. The molecule has 1 unspecified atom stereocenters. The van der Waals surface area contributed by atoms with E-state index in [0.717, 1.165) is 30.8 Å². The Labute approximate surface area is 189 Å². The van der Waals surface area contributed by atoms with Crippen LogP contribution in [-0.2, 0) is 9.59 Å². The minimum absolute atomic E-state index is 0.0444. The highest BCUT2D eigenvalue weighted by Gasteiger charge is 2.46. The van der Waals surface area contributed by atoms with Crippen molar-refractivity contribution < 1.29 is 19.8 Å². The average Bonchev–Trinajstić information content (AvgIpc) is 3.03. The number of nitrogens with zero attached hydrogens (tertiary/aromatic N) is 2. The lowest BCUT2D eigenvalue weighted by Gasteiger charge is -2.27. The molecule has 6 heteroatoms. The molecule has 1 aliphatic heterocycles. The van der Waals surface area contributed by atoms with Crippen molar-refractivity contribution in [2.24, 2.45) is 0 Å². The number of aliphatic hydroxyl groups is 1. The van der Waals surface area contributed by atoms with Crippen molar-refractivity contribution in [2.45, 2.75) is 40.2 Å². The average molecular weight is 437 g/mol. The number of hydrogen-bond acceptors (Lipinski definition) is 5. The largest absolute Gasteiger partial charge is 0.508 e. The van der Waals surface area contributed by atoms with Gasteiger partial charge in [-0.25, -0.2) is 0 Å². The van der Waals surface area contributed by atoms with Crippen molar-refractivity contribution in [1.82, 2.24) is 9.80 Å². The molecule has 0 spiro atoms. The number of phenols is 1. The number of hydrogen-bond donors (Lipinski definition) is 2. The molecule has 0 aliphatic carbocycles. The van der Waals surface area contributed by atoms with Crippen LogP contribution in [0.1, 0.15) is 48.6 Å². The highest BCUT2D eigenvalue weighted by molar-refractivity contribution is 6.46. The van der Waals surface area contributed by atoms with Gasteiger partial charge in [-0.05, 0) is 69.2 Å². The van der Waals surface area contributed by atoms with Crippen LogP contribution in [0.3, 0.4) is 0 Å². The van der Waals surface area contributed by atoms with Crippen molar-refractivity contribution in [3.8, 4) is 5.75 Å². The topological polar surface area (TPSA) is 81.1 Å². The van der Waals surface area contributed by atoms with E-state index in [9.17, 15) is 19.8 Å². The van der Waals surface area contributed by atoms with Gasteiger partial charge in [0.1, 0.15) is 11.5 Å². The number of rotatable bonds is 8. The van der Waals surface area contributed by atoms with Crippen LogP contribution in [0.4, 0.5) is 0 Å². The van der Waals surface area contributed by atoms with Crippen molar-refractivity contribution in [1.29, 1.82) is 0 Å². The molecular formula is C26H32N2O4. The summed E-state index contributed by atoms with van der Waals surface area (Å²) < 4.78 is 0. The molecule has 6 nitrogen and oxygen atoms in total. The van der Waals surface area contributed by atoms with E-state index < -0.39 is 17.7 Å². The Morgan fingerprint density at radius 2 is 1.78 bits per heavy atom. The summed E-state index contributed by atoms with van der Waals surface area (Å²) >= 11 is 0. The van der Waals surface area contributed by atoms with Gasteiger partial charge in [0.05, 0.1) is 11.6 Å². The molecule has 1 atom stereocenters. The maximum atomic E-state index is 13.1. The second kappa shape index (κ2) is 10.0. The zero-order valence-corrected chi connectivity index (χ0v) is 19.3. The lowest BCUT2D eigenvalue weighted by Crippen LogP contribution is -2.33. The number of aliphatic hydroxyl groups excluding tert-OH is 1. The van der Waals surface area contributed by atoms with Gasteiger partial charge in [-0.1, -0.05) is 43.7 Å². The van der Waals surface area contributed by atoms with E-state index in [1.165, 1.54) is 4.90 Å². The highest BCUT2D eigenvalue weighted by atomic mass is 16.3. The number of aromatic hydroxyl groups is 1. The van der Waals surface area contributed by atoms with E-state index >= 15 is 0 Å². The van der Waals surface area contributed by atoms with Crippen LogP contribution in [-0.4, -0.2) is 57.9 Å². The van der Waals surface area contributed by atoms with Crippen molar-refractivity contribution in [3.05, 3.63) is 70.3 Å². The molecule has 1 amide bonds. The molecule has 0 radical (unpaired) electrons. The van der Waals surface area contributed by atoms with Crippen LogP contribution in [0.5, 0.6) is 5.75 Å². The number of phenolic OH excluding ortho intramolecular Hbond substituents is 1. The Kier molecular flexibility index (Phi) is 7.36. The third kappa shape index (κ3) is 4.70. The molecule has 32 heavy (non-hydrogen) atoms. The Morgan fingerprint density at radius 3 is 2.44 bits per heavy atom. The Balaban J connectivity index is 2.08. The van der Waals surface area contributed by atoms with E-state index in [2.05, 4.69) is 18.7 Å². The molecule has 2 aromatic carbocycles. The second-order valence-corrected chi connectivity index (χ2v) is 8.29. The summed E-state index contributed by atoms with van der Waals surface area (Å²) in [6, 6.07) is 11.4. The summed E-state index contributed by atoms with van der Waals surface area (Å²) in [5.74, 6) is -1.45. The smallest absolute Gasteiger partial charge is 0.295 e. The first kappa shape index (κ1) is 23.5. The van der Waals surface area contributed by atoms with Crippen LogP contribution in [0, 0.1) is 13.8 Å². The number of aryl methyl sites for hydroxylation is 2. The van der Waals surface area contributed by atoms with Crippen LogP contribution in [0.25, 0.3) is 5.76 Å². The van der Waals surface area contributed by atoms with Crippen molar-refractivity contribution >= 4 is 17.4 Å². The fourth-order valence-corrected chi connectivity index (χ4v) is 4.29. The maximum Gasteiger partial charge on any atom is 0.295 e.